The highest BCUT2D eigenvalue weighted by Crippen LogP contribution is 2.32. The minimum atomic E-state index is -0.155. The fourth-order valence-corrected chi connectivity index (χ4v) is 3.32. The molecule has 5 nitrogen and oxygen atoms in total. The fraction of sp³-hybridized carbons (Fsp3) is 0.105. The Kier molecular flexibility index (Phi) is 4.49. The molecule has 0 spiro atoms. The van der Waals surface area contributed by atoms with Gasteiger partial charge in [0.15, 0.2) is 0 Å². The molecule has 0 saturated heterocycles. The fourth-order valence-electron chi connectivity index (χ4n) is 2.97. The molecule has 0 unspecified atom stereocenters. The van der Waals surface area contributed by atoms with Gasteiger partial charge in [0.25, 0.3) is 5.91 Å². The van der Waals surface area contributed by atoms with Crippen molar-refractivity contribution < 1.29 is 4.79 Å². The number of benzene rings is 2. The first-order valence-corrected chi connectivity index (χ1v) is 8.82. The maximum Gasteiger partial charge on any atom is 0.277 e. The molecule has 0 saturated carbocycles. The summed E-state index contributed by atoms with van der Waals surface area (Å²) >= 11 is 12.2. The standard InChI is InChI=1S/C19H14Cl2N4O/c20-13-5-3-6-14(18(13)21)24-17-10-15(22-11-23-17)19(26)25-9-8-12-4-1-2-7-16(12)25/h1-7,10-11H,8-9H2,(H,22,23,24). The molecule has 130 valence electrons. The summed E-state index contributed by atoms with van der Waals surface area (Å²) in [4.78, 5) is 22.9. The van der Waals surface area contributed by atoms with Crippen molar-refractivity contribution >= 4 is 46.3 Å². The molecule has 0 atom stereocenters. The van der Waals surface area contributed by atoms with Gasteiger partial charge in [-0.3, -0.25) is 4.79 Å². The van der Waals surface area contributed by atoms with Crippen LogP contribution in [0.25, 0.3) is 0 Å². The molecule has 0 aliphatic carbocycles. The second-order valence-corrected chi connectivity index (χ2v) is 6.64. The number of amides is 1. The summed E-state index contributed by atoms with van der Waals surface area (Å²) in [6.45, 7) is 0.644. The van der Waals surface area contributed by atoms with Crippen LogP contribution in [0.3, 0.4) is 0 Å². The summed E-state index contributed by atoms with van der Waals surface area (Å²) in [5.41, 5.74) is 3.03. The Morgan fingerprint density at radius 2 is 1.92 bits per heavy atom. The number of aromatic nitrogens is 2. The van der Waals surface area contributed by atoms with E-state index in [1.165, 1.54) is 11.9 Å². The largest absolute Gasteiger partial charge is 0.339 e. The molecule has 2 aromatic carbocycles. The minimum Gasteiger partial charge on any atom is -0.339 e. The van der Waals surface area contributed by atoms with Crippen molar-refractivity contribution in [3.63, 3.8) is 0 Å². The van der Waals surface area contributed by atoms with Gasteiger partial charge in [-0.1, -0.05) is 47.5 Å². The van der Waals surface area contributed by atoms with Crippen LogP contribution in [0.4, 0.5) is 17.2 Å². The normalized spacial score (nSPS) is 12.8. The molecule has 7 heteroatoms. The van der Waals surface area contributed by atoms with Gasteiger partial charge >= 0.3 is 0 Å². The van der Waals surface area contributed by atoms with E-state index in [0.29, 0.717) is 33.8 Å². The topological polar surface area (TPSA) is 58.1 Å². The lowest BCUT2D eigenvalue weighted by Crippen LogP contribution is -2.29. The Morgan fingerprint density at radius 1 is 1.08 bits per heavy atom. The van der Waals surface area contributed by atoms with Crippen LogP contribution in [0.2, 0.25) is 10.0 Å². The molecular formula is C19H14Cl2N4O. The number of nitrogens with one attached hydrogen (secondary N) is 1. The summed E-state index contributed by atoms with van der Waals surface area (Å²) in [5.74, 6) is 0.317. The Labute approximate surface area is 160 Å². The number of para-hydroxylation sites is 1. The highest BCUT2D eigenvalue weighted by atomic mass is 35.5. The number of rotatable bonds is 3. The van der Waals surface area contributed by atoms with E-state index < -0.39 is 0 Å². The summed E-state index contributed by atoms with van der Waals surface area (Å²) in [6.07, 6.45) is 2.20. The number of anilines is 3. The first-order valence-electron chi connectivity index (χ1n) is 8.06. The number of carbonyl (C=O) groups excluding carboxylic acids is 1. The average molecular weight is 385 g/mol. The third-order valence-electron chi connectivity index (χ3n) is 4.23. The third-order valence-corrected chi connectivity index (χ3v) is 5.05. The first-order chi connectivity index (χ1) is 12.6. The van der Waals surface area contributed by atoms with E-state index in [2.05, 4.69) is 15.3 Å². The molecule has 1 amide bonds. The van der Waals surface area contributed by atoms with Gasteiger partial charge < -0.3 is 10.2 Å². The van der Waals surface area contributed by atoms with Gasteiger partial charge in [-0.15, -0.1) is 0 Å². The zero-order chi connectivity index (χ0) is 18.1. The maximum atomic E-state index is 12.9. The van der Waals surface area contributed by atoms with E-state index in [-0.39, 0.29) is 5.91 Å². The number of fused-ring (bicyclic) bond motifs is 1. The SMILES string of the molecule is O=C(c1cc(Nc2cccc(Cl)c2Cl)ncn1)N1CCc2ccccc21. The van der Waals surface area contributed by atoms with E-state index >= 15 is 0 Å². The first kappa shape index (κ1) is 16.8. The van der Waals surface area contributed by atoms with Crippen molar-refractivity contribution in [1.29, 1.82) is 0 Å². The molecule has 0 fully saturated rings. The van der Waals surface area contributed by atoms with E-state index in [4.69, 9.17) is 23.2 Å². The molecule has 1 N–H and O–H groups in total. The second kappa shape index (κ2) is 6.94. The lowest BCUT2D eigenvalue weighted by atomic mass is 10.2. The molecule has 1 aliphatic heterocycles. The summed E-state index contributed by atoms with van der Waals surface area (Å²) in [7, 11) is 0. The summed E-state index contributed by atoms with van der Waals surface area (Å²) < 4.78 is 0. The Bertz CT molecular complexity index is 993. The third kappa shape index (κ3) is 3.11. The van der Waals surface area contributed by atoms with Crippen LogP contribution in [0.15, 0.2) is 54.9 Å². The molecule has 4 rings (SSSR count). The molecule has 2 heterocycles. The minimum absolute atomic E-state index is 0.155. The zero-order valence-corrected chi connectivity index (χ0v) is 15.1. The van der Waals surface area contributed by atoms with E-state index in [9.17, 15) is 4.79 Å². The van der Waals surface area contributed by atoms with Gasteiger partial charge in [-0.05, 0) is 30.2 Å². The molecule has 3 aromatic rings. The summed E-state index contributed by atoms with van der Waals surface area (Å²) in [5, 5.41) is 3.92. The number of hydrogen-bond acceptors (Lipinski definition) is 4. The van der Waals surface area contributed by atoms with Crippen LogP contribution in [0, 0.1) is 0 Å². The van der Waals surface area contributed by atoms with Crippen LogP contribution < -0.4 is 10.2 Å². The van der Waals surface area contributed by atoms with Crippen molar-refractivity contribution in [3.05, 3.63) is 76.2 Å². The van der Waals surface area contributed by atoms with Gasteiger partial charge in [-0.25, -0.2) is 9.97 Å². The predicted molar refractivity (Wildman–Crippen MR) is 104 cm³/mol. The van der Waals surface area contributed by atoms with E-state index in [1.54, 1.807) is 29.2 Å². The van der Waals surface area contributed by atoms with Crippen molar-refractivity contribution in [2.24, 2.45) is 0 Å². The molecule has 1 aromatic heterocycles. The smallest absolute Gasteiger partial charge is 0.277 e. The van der Waals surface area contributed by atoms with Crippen LogP contribution in [0.1, 0.15) is 16.1 Å². The Morgan fingerprint density at radius 3 is 2.81 bits per heavy atom. The number of nitrogens with zero attached hydrogens (tertiary/aromatic N) is 3. The second-order valence-electron chi connectivity index (χ2n) is 5.85. The van der Waals surface area contributed by atoms with Crippen molar-refractivity contribution in [1.82, 2.24) is 9.97 Å². The zero-order valence-electron chi connectivity index (χ0n) is 13.6. The number of hydrogen-bond donors (Lipinski definition) is 1. The van der Waals surface area contributed by atoms with E-state index in [1.807, 2.05) is 24.3 Å². The maximum absolute atomic E-state index is 12.9. The van der Waals surface area contributed by atoms with Gasteiger partial charge in [0.05, 0.1) is 15.7 Å². The molecule has 26 heavy (non-hydrogen) atoms. The van der Waals surface area contributed by atoms with Gasteiger partial charge in [0, 0.05) is 18.3 Å². The van der Waals surface area contributed by atoms with Crippen molar-refractivity contribution in [3.8, 4) is 0 Å². The van der Waals surface area contributed by atoms with Crippen LogP contribution in [0.5, 0.6) is 0 Å². The Hall–Kier alpha value is -2.63. The van der Waals surface area contributed by atoms with Gasteiger partial charge in [0.1, 0.15) is 17.8 Å². The van der Waals surface area contributed by atoms with Crippen LogP contribution in [-0.2, 0) is 6.42 Å². The Balaban J connectivity index is 1.60. The quantitative estimate of drug-likeness (QED) is 0.708. The lowest BCUT2D eigenvalue weighted by Gasteiger charge is -2.17. The van der Waals surface area contributed by atoms with Crippen molar-refractivity contribution in [2.45, 2.75) is 6.42 Å². The van der Waals surface area contributed by atoms with Crippen LogP contribution >= 0.6 is 23.2 Å². The average Bonchev–Trinajstić information content (AvgIpc) is 3.09. The molecule has 0 radical (unpaired) electrons. The van der Waals surface area contributed by atoms with Gasteiger partial charge in [0.2, 0.25) is 0 Å². The molecular weight excluding hydrogens is 371 g/mol. The highest BCUT2D eigenvalue weighted by Gasteiger charge is 2.26. The summed E-state index contributed by atoms with van der Waals surface area (Å²) in [6, 6.07) is 14.8. The number of carbonyl (C=O) groups is 1. The van der Waals surface area contributed by atoms with E-state index in [0.717, 1.165) is 12.1 Å². The van der Waals surface area contributed by atoms with Gasteiger partial charge in [-0.2, -0.15) is 0 Å². The predicted octanol–water partition coefficient (Wildman–Crippen LogP) is 4.73. The monoisotopic (exact) mass is 384 g/mol. The molecule has 1 aliphatic rings. The molecule has 0 bridgehead atoms. The van der Waals surface area contributed by atoms with Crippen molar-refractivity contribution in [2.75, 3.05) is 16.8 Å². The van der Waals surface area contributed by atoms with Crippen LogP contribution in [-0.4, -0.2) is 22.4 Å². The lowest BCUT2D eigenvalue weighted by molar-refractivity contribution is 0.0984. The highest BCUT2D eigenvalue weighted by molar-refractivity contribution is 6.43. The number of halogens is 2.